The number of aromatic nitrogens is 1. The second-order valence-corrected chi connectivity index (χ2v) is 4.18. The Labute approximate surface area is 99.1 Å². The summed E-state index contributed by atoms with van der Waals surface area (Å²) in [5, 5.41) is 13.5. The van der Waals surface area contributed by atoms with Gasteiger partial charge in [0.15, 0.2) is 0 Å². The molecule has 0 bridgehead atoms. The van der Waals surface area contributed by atoms with Crippen LogP contribution in [0.15, 0.2) is 42.7 Å². The molecule has 3 rings (SSSR count). The van der Waals surface area contributed by atoms with Crippen molar-refractivity contribution in [3.8, 4) is 6.07 Å². The maximum absolute atomic E-state index is 9.20. The molecule has 0 aliphatic rings. The minimum Gasteiger partial charge on any atom is -0.264 e. The first-order valence-corrected chi connectivity index (χ1v) is 5.47. The van der Waals surface area contributed by atoms with Gasteiger partial charge in [-0.3, -0.25) is 4.98 Å². The Hall–Kier alpha value is -2.40. The standard InChI is InChI=1S/C15H10N2/c1-10-2-3-13-12(8-16)7-11-4-5-17-9-15(11)14(13)6-10/h2-7,9H,1H3. The first kappa shape index (κ1) is 9.80. The lowest BCUT2D eigenvalue weighted by Crippen LogP contribution is -1.85. The van der Waals surface area contributed by atoms with E-state index in [4.69, 9.17) is 0 Å². The molecule has 0 saturated heterocycles. The molecule has 17 heavy (non-hydrogen) atoms. The molecule has 0 aliphatic carbocycles. The van der Waals surface area contributed by atoms with E-state index in [1.807, 2.05) is 30.5 Å². The summed E-state index contributed by atoms with van der Waals surface area (Å²) in [6.45, 7) is 2.06. The third kappa shape index (κ3) is 1.44. The SMILES string of the molecule is Cc1ccc2c(C#N)cc3ccncc3c2c1. The quantitative estimate of drug-likeness (QED) is 0.541. The molecule has 2 aromatic carbocycles. The fourth-order valence-electron chi connectivity index (χ4n) is 2.20. The Morgan fingerprint density at radius 2 is 1.94 bits per heavy atom. The van der Waals surface area contributed by atoms with Crippen molar-refractivity contribution in [3.63, 3.8) is 0 Å². The molecule has 2 heteroatoms. The van der Waals surface area contributed by atoms with Crippen molar-refractivity contribution >= 4 is 21.5 Å². The average molecular weight is 218 g/mol. The van der Waals surface area contributed by atoms with Gasteiger partial charge in [-0.1, -0.05) is 23.8 Å². The largest absolute Gasteiger partial charge is 0.264 e. The van der Waals surface area contributed by atoms with E-state index in [0.717, 1.165) is 27.1 Å². The number of fused-ring (bicyclic) bond motifs is 3. The second-order valence-electron chi connectivity index (χ2n) is 4.18. The number of benzene rings is 2. The third-order valence-corrected chi connectivity index (χ3v) is 3.03. The Kier molecular flexibility index (Phi) is 2.06. The van der Waals surface area contributed by atoms with E-state index in [2.05, 4.69) is 24.0 Å². The fourth-order valence-corrected chi connectivity index (χ4v) is 2.20. The number of pyridine rings is 1. The van der Waals surface area contributed by atoms with Gasteiger partial charge in [-0.05, 0) is 29.8 Å². The molecule has 0 saturated carbocycles. The van der Waals surface area contributed by atoms with Gasteiger partial charge in [0.25, 0.3) is 0 Å². The number of hydrogen-bond acceptors (Lipinski definition) is 2. The van der Waals surface area contributed by atoms with Crippen LogP contribution in [0.2, 0.25) is 0 Å². The second kappa shape index (κ2) is 3.57. The smallest absolute Gasteiger partial charge is 0.0998 e. The van der Waals surface area contributed by atoms with Crippen molar-refractivity contribution in [2.24, 2.45) is 0 Å². The number of nitriles is 1. The monoisotopic (exact) mass is 218 g/mol. The van der Waals surface area contributed by atoms with Crippen molar-refractivity contribution in [2.75, 3.05) is 0 Å². The van der Waals surface area contributed by atoms with Gasteiger partial charge in [-0.25, -0.2) is 0 Å². The summed E-state index contributed by atoms with van der Waals surface area (Å²) >= 11 is 0. The molecule has 1 aromatic heterocycles. The lowest BCUT2D eigenvalue weighted by Gasteiger charge is -2.06. The maximum Gasteiger partial charge on any atom is 0.0998 e. The fraction of sp³-hybridized carbons (Fsp3) is 0.0667. The minimum absolute atomic E-state index is 0.721. The summed E-state index contributed by atoms with van der Waals surface area (Å²) in [4.78, 5) is 4.17. The third-order valence-electron chi connectivity index (χ3n) is 3.03. The number of nitrogens with zero attached hydrogens (tertiary/aromatic N) is 2. The zero-order valence-corrected chi connectivity index (χ0v) is 9.44. The number of rotatable bonds is 0. The van der Waals surface area contributed by atoms with Gasteiger partial charge in [0, 0.05) is 23.2 Å². The van der Waals surface area contributed by atoms with E-state index >= 15 is 0 Å². The molecular weight excluding hydrogens is 208 g/mol. The zero-order valence-electron chi connectivity index (χ0n) is 9.44. The minimum atomic E-state index is 0.721. The highest BCUT2D eigenvalue weighted by Crippen LogP contribution is 2.28. The Morgan fingerprint density at radius 1 is 1.06 bits per heavy atom. The molecule has 0 atom stereocenters. The van der Waals surface area contributed by atoms with Gasteiger partial charge in [0.2, 0.25) is 0 Å². The highest BCUT2D eigenvalue weighted by molar-refractivity contribution is 6.09. The predicted molar refractivity (Wildman–Crippen MR) is 68.7 cm³/mol. The topological polar surface area (TPSA) is 36.7 Å². The highest BCUT2D eigenvalue weighted by atomic mass is 14.6. The number of hydrogen-bond donors (Lipinski definition) is 0. The van der Waals surface area contributed by atoms with Crippen LogP contribution in [0.4, 0.5) is 0 Å². The molecule has 0 fully saturated rings. The molecule has 0 unspecified atom stereocenters. The summed E-state index contributed by atoms with van der Waals surface area (Å²) in [6, 6.07) is 12.3. The Balaban J connectivity index is 2.62. The van der Waals surface area contributed by atoms with Crippen molar-refractivity contribution in [1.82, 2.24) is 4.98 Å². The summed E-state index contributed by atoms with van der Waals surface area (Å²) in [6.07, 6.45) is 3.61. The van der Waals surface area contributed by atoms with E-state index in [-0.39, 0.29) is 0 Å². The van der Waals surface area contributed by atoms with Crippen LogP contribution in [0.1, 0.15) is 11.1 Å². The van der Waals surface area contributed by atoms with Gasteiger partial charge in [0.1, 0.15) is 0 Å². The van der Waals surface area contributed by atoms with Crippen LogP contribution < -0.4 is 0 Å². The van der Waals surface area contributed by atoms with Gasteiger partial charge in [-0.2, -0.15) is 5.26 Å². The van der Waals surface area contributed by atoms with Gasteiger partial charge < -0.3 is 0 Å². The molecule has 0 aliphatic heterocycles. The Morgan fingerprint density at radius 3 is 2.76 bits per heavy atom. The Bertz CT molecular complexity index is 767. The first-order valence-electron chi connectivity index (χ1n) is 5.47. The normalized spacial score (nSPS) is 10.6. The van der Waals surface area contributed by atoms with E-state index in [1.165, 1.54) is 5.56 Å². The summed E-state index contributed by atoms with van der Waals surface area (Å²) in [7, 11) is 0. The summed E-state index contributed by atoms with van der Waals surface area (Å²) < 4.78 is 0. The lowest BCUT2D eigenvalue weighted by molar-refractivity contribution is 1.37. The predicted octanol–water partition coefficient (Wildman–Crippen LogP) is 3.57. The van der Waals surface area contributed by atoms with Crippen LogP contribution >= 0.6 is 0 Å². The van der Waals surface area contributed by atoms with Crippen LogP contribution in [0.5, 0.6) is 0 Å². The molecule has 0 amide bonds. The van der Waals surface area contributed by atoms with Crippen LogP contribution in [0.3, 0.4) is 0 Å². The average Bonchev–Trinajstić information content (AvgIpc) is 2.37. The summed E-state index contributed by atoms with van der Waals surface area (Å²) in [5.41, 5.74) is 1.91. The molecule has 3 aromatic rings. The van der Waals surface area contributed by atoms with Crippen molar-refractivity contribution < 1.29 is 0 Å². The molecular formula is C15H10N2. The zero-order chi connectivity index (χ0) is 11.8. The number of aryl methyl sites for hydroxylation is 1. The lowest BCUT2D eigenvalue weighted by atomic mass is 9.98. The molecule has 2 nitrogen and oxygen atoms in total. The molecule has 0 N–H and O–H groups in total. The highest BCUT2D eigenvalue weighted by Gasteiger charge is 2.06. The van der Waals surface area contributed by atoms with Gasteiger partial charge in [0.05, 0.1) is 11.6 Å². The first-order chi connectivity index (χ1) is 8.29. The van der Waals surface area contributed by atoms with E-state index < -0.39 is 0 Å². The van der Waals surface area contributed by atoms with Crippen molar-refractivity contribution in [3.05, 3.63) is 53.9 Å². The molecule has 0 spiro atoms. The van der Waals surface area contributed by atoms with Crippen LogP contribution in [0, 0.1) is 18.3 Å². The van der Waals surface area contributed by atoms with Crippen molar-refractivity contribution in [2.45, 2.75) is 6.92 Å². The van der Waals surface area contributed by atoms with E-state index in [0.29, 0.717) is 0 Å². The van der Waals surface area contributed by atoms with Crippen LogP contribution in [0.25, 0.3) is 21.5 Å². The van der Waals surface area contributed by atoms with Crippen molar-refractivity contribution in [1.29, 1.82) is 5.26 Å². The molecule has 80 valence electrons. The van der Waals surface area contributed by atoms with Crippen LogP contribution in [-0.2, 0) is 0 Å². The van der Waals surface area contributed by atoms with E-state index in [9.17, 15) is 5.26 Å². The van der Waals surface area contributed by atoms with Gasteiger partial charge in [-0.15, -0.1) is 0 Å². The maximum atomic E-state index is 9.20. The molecule has 1 heterocycles. The summed E-state index contributed by atoms with van der Waals surface area (Å²) in [5.74, 6) is 0. The van der Waals surface area contributed by atoms with E-state index in [1.54, 1.807) is 6.20 Å². The van der Waals surface area contributed by atoms with Gasteiger partial charge >= 0.3 is 0 Å². The van der Waals surface area contributed by atoms with Crippen LogP contribution in [-0.4, -0.2) is 4.98 Å². The molecule has 0 radical (unpaired) electrons.